The quantitative estimate of drug-likeness (QED) is 0.368. The van der Waals surface area contributed by atoms with E-state index in [2.05, 4.69) is 4.98 Å². The molecule has 2 rings (SSSR count). The minimum Gasteiger partial charge on any atom is -0.465 e. The third kappa shape index (κ3) is 6.27. The number of rotatable bonds is 8. The van der Waals surface area contributed by atoms with Crippen LogP contribution in [-0.4, -0.2) is 41.7 Å². The lowest BCUT2D eigenvalue weighted by atomic mass is 9.83. The summed E-state index contributed by atoms with van der Waals surface area (Å²) >= 11 is 0. The van der Waals surface area contributed by atoms with Crippen molar-refractivity contribution in [3.8, 4) is 0 Å². The smallest absolute Gasteiger partial charge is 0.320 e. The van der Waals surface area contributed by atoms with Crippen molar-refractivity contribution in [1.82, 2.24) is 4.98 Å². The van der Waals surface area contributed by atoms with Gasteiger partial charge in [-0.2, -0.15) is 0 Å². The van der Waals surface area contributed by atoms with Crippen LogP contribution in [0.2, 0.25) is 0 Å². The number of pyridine rings is 1. The maximum absolute atomic E-state index is 12.7. The van der Waals surface area contributed by atoms with E-state index in [0.717, 1.165) is 10.9 Å². The van der Waals surface area contributed by atoms with E-state index in [-0.39, 0.29) is 19.6 Å². The van der Waals surface area contributed by atoms with Crippen molar-refractivity contribution < 1.29 is 28.6 Å². The largest absolute Gasteiger partial charge is 0.465 e. The first kappa shape index (κ1) is 23.3. The van der Waals surface area contributed by atoms with Gasteiger partial charge in [-0.15, -0.1) is 0 Å². The molecule has 0 radical (unpaired) electrons. The Morgan fingerprint density at radius 3 is 2.17 bits per heavy atom. The number of hydrogen-bond acceptors (Lipinski definition) is 7. The average molecular weight is 415 g/mol. The number of ether oxygens (including phenoxy) is 3. The van der Waals surface area contributed by atoms with Gasteiger partial charge in [0.1, 0.15) is 5.60 Å². The van der Waals surface area contributed by atoms with Gasteiger partial charge in [0.2, 0.25) is 0 Å². The summed E-state index contributed by atoms with van der Waals surface area (Å²) in [5.41, 5.74) is 0.624. The zero-order valence-corrected chi connectivity index (χ0v) is 18.1. The first-order chi connectivity index (χ1) is 14.2. The van der Waals surface area contributed by atoms with E-state index in [0.29, 0.717) is 5.56 Å². The lowest BCUT2D eigenvalue weighted by Crippen LogP contribution is -2.35. The van der Waals surface area contributed by atoms with Gasteiger partial charge in [0.25, 0.3) is 0 Å². The van der Waals surface area contributed by atoms with Gasteiger partial charge in [-0.25, -0.2) is 0 Å². The van der Waals surface area contributed by atoms with Crippen molar-refractivity contribution in [3.63, 3.8) is 0 Å². The minimum absolute atomic E-state index is 0.101. The molecule has 0 spiro atoms. The molecule has 0 aliphatic rings. The Labute approximate surface area is 176 Å². The second-order valence-corrected chi connectivity index (χ2v) is 7.84. The molecule has 0 amide bonds. The van der Waals surface area contributed by atoms with Crippen LogP contribution in [-0.2, 0) is 28.6 Å². The minimum atomic E-state index is -1.31. The monoisotopic (exact) mass is 415 g/mol. The lowest BCUT2D eigenvalue weighted by molar-refractivity contribution is -0.164. The molecule has 0 aliphatic heterocycles. The molecule has 2 aromatic rings. The first-order valence-corrected chi connectivity index (χ1v) is 10.1. The summed E-state index contributed by atoms with van der Waals surface area (Å²) in [6.07, 6.45) is 1.38. The molecule has 1 aromatic carbocycles. The Bertz CT molecular complexity index is 884. The van der Waals surface area contributed by atoms with Gasteiger partial charge in [-0.05, 0) is 52.3 Å². The molecule has 1 unspecified atom stereocenters. The van der Waals surface area contributed by atoms with Gasteiger partial charge in [0, 0.05) is 17.5 Å². The molecule has 0 N–H and O–H groups in total. The van der Waals surface area contributed by atoms with Crippen LogP contribution >= 0.6 is 0 Å². The lowest BCUT2D eigenvalue weighted by Gasteiger charge is -2.26. The van der Waals surface area contributed by atoms with Crippen LogP contribution in [0, 0.1) is 5.92 Å². The van der Waals surface area contributed by atoms with E-state index < -0.39 is 35.3 Å². The van der Waals surface area contributed by atoms with Crippen LogP contribution in [0.15, 0.2) is 36.5 Å². The molecule has 7 nitrogen and oxygen atoms in total. The SMILES string of the molecule is CCOC(=O)C(C(=O)OCC)C(CC(=O)OC(C)(C)C)c1cnc2ccccc2c1. The number of benzene rings is 1. The van der Waals surface area contributed by atoms with Gasteiger partial charge >= 0.3 is 17.9 Å². The maximum atomic E-state index is 12.7. The average Bonchev–Trinajstić information content (AvgIpc) is 2.66. The molecular weight excluding hydrogens is 386 g/mol. The zero-order valence-electron chi connectivity index (χ0n) is 18.1. The summed E-state index contributed by atoms with van der Waals surface area (Å²) in [6.45, 7) is 8.78. The predicted octanol–water partition coefficient (Wildman–Crippen LogP) is 3.79. The van der Waals surface area contributed by atoms with Gasteiger partial charge in [-0.3, -0.25) is 19.4 Å². The highest BCUT2D eigenvalue weighted by Crippen LogP contribution is 2.33. The fourth-order valence-corrected chi connectivity index (χ4v) is 3.17. The second-order valence-electron chi connectivity index (χ2n) is 7.84. The number of esters is 3. The number of carbonyl (C=O) groups excluding carboxylic acids is 3. The topological polar surface area (TPSA) is 91.8 Å². The normalized spacial score (nSPS) is 12.5. The molecule has 0 saturated heterocycles. The molecule has 1 heterocycles. The summed E-state index contributed by atoms with van der Waals surface area (Å²) in [7, 11) is 0. The van der Waals surface area contributed by atoms with Crippen LogP contribution < -0.4 is 0 Å². The molecule has 1 aromatic heterocycles. The van der Waals surface area contributed by atoms with Crippen molar-refractivity contribution in [2.45, 2.75) is 52.6 Å². The van der Waals surface area contributed by atoms with Crippen molar-refractivity contribution in [2.75, 3.05) is 13.2 Å². The third-order valence-electron chi connectivity index (χ3n) is 4.33. The fraction of sp³-hybridized carbons (Fsp3) is 0.478. The summed E-state index contributed by atoms with van der Waals surface area (Å²) in [6, 6.07) is 9.29. The van der Waals surface area contributed by atoms with Crippen LogP contribution in [0.4, 0.5) is 0 Å². The molecule has 30 heavy (non-hydrogen) atoms. The van der Waals surface area contributed by atoms with Crippen molar-refractivity contribution in [3.05, 3.63) is 42.1 Å². The number of nitrogens with zero attached hydrogens (tertiary/aromatic N) is 1. The van der Waals surface area contributed by atoms with Gasteiger partial charge < -0.3 is 14.2 Å². The molecule has 1 atom stereocenters. The first-order valence-electron chi connectivity index (χ1n) is 10.1. The number of para-hydroxylation sites is 1. The fourth-order valence-electron chi connectivity index (χ4n) is 3.17. The standard InChI is InChI=1S/C23H29NO6/c1-6-28-21(26)20(22(27)29-7-2)17(13-19(25)30-23(3,4)5)16-12-15-10-8-9-11-18(15)24-14-16/h8-12,14,17,20H,6-7,13H2,1-5H3. The number of hydrogen-bond donors (Lipinski definition) is 0. The Balaban J connectivity index is 2.51. The molecule has 0 aliphatic carbocycles. The van der Waals surface area contributed by atoms with E-state index >= 15 is 0 Å². The maximum Gasteiger partial charge on any atom is 0.320 e. The number of fused-ring (bicyclic) bond motifs is 1. The molecule has 162 valence electrons. The summed E-state index contributed by atoms with van der Waals surface area (Å²) in [4.78, 5) is 42.5. The second kappa shape index (κ2) is 10.2. The van der Waals surface area contributed by atoms with E-state index in [1.807, 2.05) is 30.3 Å². The van der Waals surface area contributed by atoms with E-state index in [4.69, 9.17) is 14.2 Å². The Hall–Kier alpha value is -2.96. The zero-order chi connectivity index (χ0) is 22.3. The van der Waals surface area contributed by atoms with E-state index in [1.165, 1.54) is 0 Å². The summed E-state index contributed by atoms with van der Waals surface area (Å²) in [5.74, 6) is -4.15. The molecule has 0 saturated carbocycles. The van der Waals surface area contributed by atoms with Crippen molar-refractivity contribution in [1.29, 1.82) is 0 Å². The molecular formula is C23H29NO6. The highest BCUT2D eigenvalue weighted by molar-refractivity contribution is 5.97. The number of carbonyl (C=O) groups is 3. The van der Waals surface area contributed by atoms with E-state index in [9.17, 15) is 14.4 Å². The van der Waals surface area contributed by atoms with Crippen molar-refractivity contribution >= 4 is 28.8 Å². The van der Waals surface area contributed by atoms with Crippen LogP contribution in [0.25, 0.3) is 10.9 Å². The highest BCUT2D eigenvalue weighted by Gasteiger charge is 2.40. The summed E-state index contributed by atoms with van der Waals surface area (Å²) < 4.78 is 15.7. The van der Waals surface area contributed by atoms with Gasteiger partial charge in [0.05, 0.1) is 25.2 Å². The van der Waals surface area contributed by atoms with Crippen LogP contribution in [0.1, 0.15) is 52.5 Å². The predicted molar refractivity (Wildman–Crippen MR) is 112 cm³/mol. The molecule has 0 bridgehead atoms. The third-order valence-corrected chi connectivity index (χ3v) is 4.33. The molecule has 0 fully saturated rings. The Morgan fingerprint density at radius 2 is 1.60 bits per heavy atom. The van der Waals surface area contributed by atoms with Gasteiger partial charge in [0.15, 0.2) is 5.92 Å². The van der Waals surface area contributed by atoms with Crippen molar-refractivity contribution in [2.24, 2.45) is 5.92 Å². The summed E-state index contributed by atoms with van der Waals surface area (Å²) in [5, 5.41) is 0.829. The Morgan fingerprint density at radius 1 is 1.00 bits per heavy atom. The van der Waals surface area contributed by atoms with E-state index in [1.54, 1.807) is 40.8 Å². The number of aromatic nitrogens is 1. The Kier molecular flexibility index (Phi) is 7.92. The van der Waals surface area contributed by atoms with Gasteiger partial charge in [-0.1, -0.05) is 18.2 Å². The van der Waals surface area contributed by atoms with Crippen LogP contribution in [0.5, 0.6) is 0 Å². The molecule has 7 heteroatoms. The van der Waals surface area contributed by atoms with Crippen LogP contribution in [0.3, 0.4) is 0 Å². The highest BCUT2D eigenvalue weighted by atomic mass is 16.6.